The van der Waals surface area contributed by atoms with Crippen molar-refractivity contribution < 1.29 is 9.26 Å². The molecule has 112 valence electrons. The maximum absolute atomic E-state index is 6.22. The molecule has 4 nitrogen and oxygen atoms in total. The molecule has 2 heterocycles. The SMILES string of the molecule is Cc1nc(-c2ccc3c(c2)C(C)(C)C(C(C)(C)C)O3)no1. The summed E-state index contributed by atoms with van der Waals surface area (Å²) in [4.78, 5) is 4.30. The van der Waals surface area contributed by atoms with Gasteiger partial charge in [0, 0.05) is 23.5 Å². The number of nitrogens with zero attached hydrogens (tertiary/aromatic N) is 2. The summed E-state index contributed by atoms with van der Waals surface area (Å²) >= 11 is 0. The van der Waals surface area contributed by atoms with E-state index in [-0.39, 0.29) is 16.9 Å². The van der Waals surface area contributed by atoms with Crippen LogP contribution in [0.3, 0.4) is 0 Å². The lowest BCUT2D eigenvalue weighted by molar-refractivity contribution is 0.0562. The van der Waals surface area contributed by atoms with Crippen LogP contribution in [0.1, 0.15) is 46.1 Å². The number of benzene rings is 1. The molecule has 0 fully saturated rings. The summed E-state index contributed by atoms with van der Waals surface area (Å²) in [7, 11) is 0. The summed E-state index contributed by atoms with van der Waals surface area (Å²) in [6.07, 6.45) is 0.141. The molecule has 0 saturated heterocycles. The van der Waals surface area contributed by atoms with Crippen LogP contribution < -0.4 is 4.74 Å². The predicted molar refractivity (Wildman–Crippen MR) is 81.4 cm³/mol. The summed E-state index contributed by atoms with van der Waals surface area (Å²) in [5.74, 6) is 2.17. The first-order valence-electron chi connectivity index (χ1n) is 7.31. The van der Waals surface area contributed by atoms with Gasteiger partial charge in [-0.05, 0) is 23.6 Å². The molecule has 0 spiro atoms. The smallest absolute Gasteiger partial charge is 0.223 e. The number of fused-ring (bicyclic) bond motifs is 1. The fourth-order valence-electron chi connectivity index (χ4n) is 3.37. The Morgan fingerprint density at radius 1 is 1.19 bits per heavy atom. The first-order chi connectivity index (χ1) is 9.69. The van der Waals surface area contributed by atoms with Crippen LogP contribution in [0.4, 0.5) is 0 Å². The minimum atomic E-state index is -0.0532. The lowest BCUT2D eigenvalue weighted by atomic mass is 9.71. The second-order valence-electron chi connectivity index (χ2n) is 7.43. The molecule has 3 rings (SSSR count). The summed E-state index contributed by atoms with van der Waals surface area (Å²) in [5.41, 5.74) is 2.20. The van der Waals surface area contributed by atoms with Crippen LogP contribution in [0.5, 0.6) is 5.75 Å². The molecule has 0 N–H and O–H groups in total. The second-order valence-corrected chi connectivity index (χ2v) is 7.43. The lowest BCUT2D eigenvalue weighted by Crippen LogP contribution is -2.42. The third kappa shape index (κ3) is 2.23. The molecule has 1 unspecified atom stereocenters. The van der Waals surface area contributed by atoms with E-state index in [2.05, 4.69) is 50.8 Å². The average Bonchev–Trinajstić information content (AvgIpc) is 2.91. The van der Waals surface area contributed by atoms with Crippen molar-refractivity contribution in [3.63, 3.8) is 0 Å². The molecule has 1 atom stereocenters. The number of aromatic nitrogens is 2. The van der Waals surface area contributed by atoms with Gasteiger partial charge in [0.05, 0.1) is 0 Å². The molecule has 21 heavy (non-hydrogen) atoms. The Bertz CT molecular complexity index is 680. The highest BCUT2D eigenvalue weighted by atomic mass is 16.5. The number of ether oxygens (including phenoxy) is 1. The zero-order valence-electron chi connectivity index (χ0n) is 13.5. The van der Waals surface area contributed by atoms with Crippen molar-refractivity contribution in [3.8, 4) is 17.1 Å². The topological polar surface area (TPSA) is 48.2 Å². The molecule has 1 aliphatic rings. The van der Waals surface area contributed by atoms with E-state index in [1.165, 1.54) is 5.56 Å². The van der Waals surface area contributed by atoms with Crippen LogP contribution in [0.2, 0.25) is 0 Å². The van der Waals surface area contributed by atoms with E-state index in [9.17, 15) is 0 Å². The van der Waals surface area contributed by atoms with Crippen molar-refractivity contribution in [1.29, 1.82) is 0 Å². The van der Waals surface area contributed by atoms with Gasteiger partial charge in [0.2, 0.25) is 11.7 Å². The Morgan fingerprint density at radius 3 is 2.48 bits per heavy atom. The van der Waals surface area contributed by atoms with Gasteiger partial charge < -0.3 is 9.26 Å². The Balaban J connectivity index is 2.06. The van der Waals surface area contributed by atoms with Gasteiger partial charge in [-0.1, -0.05) is 39.8 Å². The highest BCUT2D eigenvalue weighted by Crippen LogP contribution is 2.49. The zero-order valence-corrected chi connectivity index (χ0v) is 13.5. The van der Waals surface area contributed by atoms with Gasteiger partial charge in [0.15, 0.2) is 0 Å². The van der Waals surface area contributed by atoms with E-state index >= 15 is 0 Å². The maximum Gasteiger partial charge on any atom is 0.223 e. The molecule has 1 aromatic carbocycles. The van der Waals surface area contributed by atoms with Gasteiger partial charge in [-0.15, -0.1) is 0 Å². The molecule has 1 aromatic heterocycles. The lowest BCUT2D eigenvalue weighted by Gasteiger charge is -2.36. The Hall–Kier alpha value is -1.84. The van der Waals surface area contributed by atoms with Crippen LogP contribution in [-0.4, -0.2) is 16.2 Å². The summed E-state index contributed by atoms with van der Waals surface area (Å²) in [6, 6.07) is 6.14. The Morgan fingerprint density at radius 2 is 1.90 bits per heavy atom. The summed E-state index contributed by atoms with van der Waals surface area (Å²) < 4.78 is 11.3. The highest BCUT2D eigenvalue weighted by Gasteiger charge is 2.47. The zero-order chi connectivity index (χ0) is 15.4. The standard InChI is InChI=1S/C17H22N2O2/c1-10-18-14(19-21-10)11-7-8-13-12(9-11)17(5,6)15(20-13)16(2,3)4/h7-9,15H,1-6H3. The number of hydrogen-bond acceptors (Lipinski definition) is 4. The van der Waals surface area contributed by atoms with Crippen molar-refractivity contribution in [2.75, 3.05) is 0 Å². The largest absolute Gasteiger partial charge is 0.489 e. The van der Waals surface area contributed by atoms with Crippen LogP contribution in [0.15, 0.2) is 22.7 Å². The van der Waals surface area contributed by atoms with Crippen LogP contribution in [0.25, 0.3) is 11.4 Å². The monoisotopic (exact) mass is 286 g/mol. The maximum atomic E-state index is 6.22. The second kappa shape index (κ2) is 4.33. The Labute approximate surface area is 125 Å². The Kier molecular flexibility index (Phi) is 2.91. The summed E-state index contributed by atoms with van der Waals surface area (Å²) in [6.45, 7) is 12.9. The normalized spacial score (nSPS) is 20.2. The molecule has 0 aliphatic carbocycles. The van der Waals surface area contributed by atoms with Crippen molar-refractivity contribution in [2.24, 2.45) is 5.41 Å². The summed E-state index contributed by atoms with van der Waals surface area (Å²) in [5, 5.41) is 4.00. The van der Waals surface area contributed by atoms with E-state index in [1.54, 1.807) is 6.92 Å². The van der Waals surface area contributed by atoms with Crippen molar-refractivity contribution in [2.45, 2.75) is 53.1 Å². The van der Waals surface area contributed by atoms with E-state index in [4.69, 9.17) is 9.26 Å². The first kappa shape index (κ1) is 14.1. The van der Waals surface area contributed by atoms with E-state index < -0.39 is 0 Å². The molecule has 4 heteroatoms. The molecule has 0 bridgehead atoms. The van der Waals surface area contributed by atoms with Crippen molar-refractivity contribution >= 4 is 0 Å². The minimum Gasteiger partial charge on any atom is -0.489 e. The highest BCUT2D eigenvalue weighted by molar-refractivity contribution is 5.61. The fourth-order valence-corrected chi connectivity index (χ4v) is 3.37. The third-order valence-electron chi connectivity index (χ3n) is 4.15. The van der Waals surface area contributed by atoms with Gasteiger partial charge in [-0.2, -0.15) is 4.98 Å². The quantitative estimate of drug-likeness (QED) is 0.791. The molecular formula is C17H22N2O2. The van der Waals surface area contributed by atoms with Crippen LogP contribution in [0, 0.1) is 12.3 Å². The van der Waals surface area contributed by atoms with Gasteiger partial charge in [-0.25, -0.2) is 0 Å². The minimum absolute atomic E-state index is 0.0532. The van der Waals surface area contributed by atoms with Gasteiger partial charge >= 0.3 is 0 Å². The van der Waals surface area contributed by atoms with Gasteiger partial charge in [0.1, 0.15) is 11.9 Å². The molecule has 1 aliphatic heterocycles. The predicted octanol–water partition coefficient (Wildman–Crippen LogP) is 4.13. The number of aryl methyl sites for hydroxylation is 1. The van der Waals surface area contributed by atoms with Crippen LogP contribution >= 0.6 is 0 Å². The van der Waals surface area contributed by atoms with Gasteiger partial charge in [-0.3, -0.25) is 0 Å². The number of hydrogen-bond donors (Lipinski definition) is 0. The van der Waals surface area contributed by atoms with Crippen molar-refractivity contribution in [3.05, 3.63) is 29.7 Å². The third-order valence-corrected chi connectivity index (χ3v) is 4.15. The molecule has 0 saturated carbocycles. The van der Waals surface area contributed by atoms with Gasteiger partial charge in [0.25, 0.3) is 0 Å². The first-order valence-corrected chi connectivity index (χ1v) is 7.31. The average molecular weight is 286 g/mol. The molecule has 2 aromatic rings. The molecule has 0 amide bonds. The molecule has 0 radical (unpaired) electrons. The number of rotatable bonds is 1. The fraction of sp³-hybridized carbons (Fsp3) is 0.529. The van der Waals surface area contributed by atoms with Crippen molar-refractivity contribution in [1.82, 2.24) is 10.1 Å². The molecular weight excluding hydrogens is 264 g/mol. The van der Waals surface area contributed by atoms with Crippen LogP contribution in [-0.2, 0) is 5.41 Å². The van der Waals surface area contributed by atoms with E-state index in [0.29, 0.717) is 11.7 Å². The van der Waals surface area contributed by atoms with E-state index in [0.717, 1.165) is 11.3 Å². The van der Waals surface area contributed by atoms with E-state index in [1.807, 2.05) is 12.1 Å².